The lowest BCUT2D eigenvalue weighted by molar-refractivity contribution is 0.593. The van der Waals surface area contributed by atoms with Gasteiger partial charge in [0.2, 0.25) is 0 Å². The molecule has 0 aliphatic rings. The van der Waals surface area contributed by atoms with Crippen LogP contribution in [0.2, 0.25) is 0 Å². The number of fused-ring (bicyclic) bond motifs is 2. The molecule has 2 N–H and O–H groups in total. The number of aromatic nitrogens is 4. The standard InChI is InChI=1S/2C16H16N4O2S/c2*1-20(2)11-17-23(21,22)15-10-6-3-7-12(15)16-18-13-8-4-5-9-14(13)19-16/h2*3-11H,1-2H3,(H,18,19)/b2*17-11+. The van der Waals surface area contributed by atoms with Gasteiger partial charge in [0, 0.05) is 39.3 Å². The topological polar surface area (TPSA) is 157 Å². The van der Waals surface area contributed by atoms with Gasteiger partial charge in [0.25, 0.3) is 20.0 Å². The molecule has 0 saturated carbocycles. The van der Waals surface area contributed by atoms with Crippen LogP contribution in [0.1, 0.15) is 0 Å². The summed E-state index contributed by atoms with van der Waals surface area (Å²) < 4.78 is 57.3. The van der Waals surface area contributed by atoms with E-state index in [-0.39, 0.29) is 9.79 Å². The van der Waals surface area contributed by atoms with Crippen LogP contribution in [-0.4, -0.2) is 87.4 Å². The van der Waals surface area contributed by atoms with Gasteiger partial charge in [-0.1, -0.05) is 48.5 Å². The van der Waals surface area contributed by atoms with Gasteiger partial charge in [0.05, 0.1) is 22.1 Å². The Hall–Kier alpha value is -5.34. The van der Waals surface area contributed by atoms with Crippen molar-refractivity contribution in [3.8, 4) is 22.8 Å². The van der Waals surface area contributed by atoms with E-state index in [1.807, 2.05) is 48.5 Å². The zero-order valence-corrected chi connectivity index (χ0v) is 27.2. The fourth-order valence-electron chi connectivity index (χ4n) is 4.36. The van der Waals surface area contributed by atoms with Crippen molar-refractivity contribution in [1.82, 2.24) is 29.7 Å². The molecular formula is C32H32N8O4S2. The molecule has 4 aromatic carbocycles. The molecule has 0 saturated heterocycles. The van der Waals surface area contributed by atoms with Gasteiger partial charge in [-0.15, -0.1) is 8.80 Å². The average molecular weight is 657 g/mol. The first-order valence-electron chi connectivity index (χ1n) is 14.0. The molecule has 2 heterocycles. The highest BCUT2D eigenvalue weighted by Crippen LogP contribution is 2.29. The lowest BCUT2D eigenvalue weighted by Crippen LogP contribution is -2.10. The van der Waals surface area contributed by atoms with Crippen molar-refractivity contribution in [2.75, 3.05) is 28.2 Å². The van der Waals surface area contributed by atoms with Crippen LogP contribution in [0, 0.1) is 0 Å². The second kappa shape index (κ2) is 13.3. The summed E-state index contributed by atoms with van der Waals surface area (Å²) in [5.41, 5.74) is 4.27. The van der Waals surface area contributed by atoms with Crippen molar-refractivity contribution in [3.05, 3.63) is 97.1 Å². The van der Waals surface area contributed by atoms with Crippen LogP contribution in [0.3, 0.4) is 0 Å². The quantitative estimate of drug-likeness (QED) is 0.171. The predicted molar refractivity (Wildman–Crippen MR) is 182 cm³/mol. The summed E-state index contributed by atoms with van der Waals surface area (Å²) in [4.78, 5) is 18.6. The Kier molecular flexibility index (Phi) is 9.30. The molecule has 46 heavy (non-hydrogen) atoms. The molecular weight excluding hydrogens is 625 g/mol. The molecule has 12 nitrogen and oxygen atoms in total. The number of H-pyrrole nitrogens is 2. The second-order valence-electron chi connectivity index (χ2n) is 10.5. The van der Waals surface area contributed by atoms with E-state index in [2.05, 4.69) is 28.7 Å². The maximum Gasteiger partial charge on any atom is 0.284 e. The summed E-state index contributed by atoms with van der Waals surface area (Å²) in [5, 5.41) is 0. The van der Waals surface area contributed by atoms with Crippen LogP contribution in [0.15, 0.2) is 116 Å². The van der Waals surface area contributed by atoms with Crippen LogP contribution in [0.4, 0.5) is 0 Å². The van der Waals surface area contributed by atoms with Crippen molar-refractivity contribution in [1.29, 1.82) is 0 Å². The number of sulfonamides is 2. The van der Waals surface area contributed by atoms with Crippen molar-refractivity contribution in [2.45, 2.75) is 9.79 Å². The number of hydrogen-bond donors (Lipinski definition) is 2. The monoisotopic (exact) mass is 656 g/mol. The predicted octanol–water partition coefficient (Wildman–Crippen LogP) is 5.02. The highest BCUT2D eigenvalue weighted by Gasteiger charge is 2.21. The van der Waals surface area contributed by atoms with Crippen molar-refractivity contribution in [2.24, 2.45) is 8.80 Å². The molecule has 0 aliphatic heterocycles. The molecule has 0 amide bonds. The fraction of sp³-hybridized carbons (Fsp3) is 0.125. The lowest BCUT2D eigenvalue weighted by atomic mass is 10.2. The zero-order chi connectivity index (χ0) is 32.9. The molecule has 0 fully saturated rings. The van der Waals surface area contributed by atoms with Crippen molar-refractivity contribution < 1.29 is 16.8 Å². The van der Waals surface area contributed by atoms with Crippen molar-refractivity contribution >= 4 is 54.8 Å². The maximum absolute atomic E-state index is 12.5. The molecule has 2 aromatic heterocycles. The summed E-state index contributed by atoms with van der Waals surface area (Å²) in [6.45, 7) is 0. The number of para-hydroxylation sites is 4. The van der Waals surface area contributed by atoms with Crippen LogP contribution >= 0.6 is 0 Å². The second-order valence-corrected chi connectivity index (χ2v) is 13.7. The molecule has 14 heteroatoms. The van der Waals surface area contributed by atoms with Gasteiger partial charge < -0.3 is 19.8 Å². The first kappa shape index (κ1) is 32.1. The lowest BCUT2D eigenvalue weighted by Gasteiger charge is -2.06. The first-order chi connectivity index (χ1) is 21.9. The van der Waals surface area contributed by atoms with Crippen LogP contribution in [0.5, 0.6) is 0 Å². The van der Waals surface area contributed by atoms with Crippen LogP contribution in [0.25, 0.3) is 44.8 Å². The number of nitrogens with one attached hydrogen (secondary N) is 2. The molecule has 0 bridgehead atoms. The third-order valence-electron chi connectivity index (χ3n) is 6.45. The smallest absolute Gasteiger partial charge is 0.284 e. The van der Waals surface area contributed by atoms with Gasteiger partial charge in [-0.2, -0.15) is 16.8 Å². The Bertz CT molecular complexity index is 2040. The summed E-state index contributed by atoms with van der Waals surface area (Å²) in [7, 11) is -0.758. The first-order valence-corrected chi connectivity index (χ1v) is 16.8. The normalized spacial score (nSPS) is 12.1. The molecule has 236 valence electrons. The maximum atomic E-state index is 12.5. The fourth-order valence-corrected chi connectivity index (χ4v) is 6.60. The van der Waals surface area contributed by atoms with E-state index in [1.54, 1.807) is 74.4 Å². The molecule has 6 aromatic rings. The van der Waals surface area contributed by atoms with Gasteiger partial charge in [0.15, 0.2) is 0 Å². The Morgan fingerprint density at radius 1 is 0.543 bits per heavy atom. The summed E-state index contributed by atoms with van der Waals surface area (Å²) in [6.07, 6.45) is 2.54. The van der Waals surface area contributed by atoms with Gasteiger partial charge in [-0.05, 0) is 48.5 Å². The third kappa shape index (κ3) is 7.30. The van der Waals surface area contributed by atoms with E-state index in [9.17, 15) is 16.8 Å². The minimum absolute atomic E-state index is 0.122. The largest absolute Gasteiger partial charge is 0.368 e. The number of aromatic amines is 2. The summed E-state index contributed by atoms with van der Waals surface area (Å²) >= 11 is 0. The highest BCUT2D eigenvalue weighted by atomic mass is 32.2. The molecule has 0 spiro atoms. The number of nitrogens with zero attached hydrogens (tertiary/aromatic N) is 6. The summed E-state index contributed by atoms with van der Waals surface area (Å²) in [6, 6.07) is 28.5. The highest BCUT2D eigenvalue weighted by molar-refractivity contribution is 7.90. The molecule has 0 radical (unpaired) electrons. The van der Waals surface area contributed by atoms with E-state index >= 15 is 0 Å². The zero-order valence-electron chi connectivity index (χ0n) is 25.5. The Labute approximate surface area is 267 Å². The minimum atomic E-state index is -3.80. The number of rotatable bonds is 8. The Morgan fingerprint density at radius 2 is 0.891 bits per heavy atom. The number of imidazole rings is 2. The molecule has 0 aliphatic carbocycles. The third-order valence-corrected chi connectivity index (χ3v) is 9.02. The molecule has 0 unspecified atom stereocenters. The van der Waals surface area contributed by atoms with Gasteiger partial charge >= 0.3 is 0 Å². The molecule has 6 rings (SSSR count). The van der Waals surface area contributed by atoms with E-state index < -0.39 is 20.0 Å². The Balaban J connectivity index is 0.000000181. The number of benzene rings is 4. The van der Waals surface area contributed by atoms with Gasteiger partial charge in [0.1, 0.15) is 34.1 Å². The van der Waals surface area contributed by atoms with E-state index in [1.165, 1.54) is 24.8 Å². The van der Waals surface area contributed by atoms with Crippen LogP contribution in [-0.2, 0) is 20.0 Å². The van der Waals surface area contributed by atoms with E-state index in [0.29, 0.717) is 22.8 Å². The van der Waals surface area contributed by atoms with E-state index in [0.717, 1.165) is 22.1 Å². The summed E-state index contributed by atoms with van der Waals surface area (Å²) in [5.74, 6) is 1.01. The number of hydrogen-bond acceptors (Lipinski definition) is 6. The van der Waals surface area contributed by atoms with Gasteiger partial charge in [-0.25, -0.2) is 9.97 Å². The Morgan fingerprint density at radius 3 is 1.26 bits per heavy atom. The minimum Gasteiger partial charge on any atom is -0.368 e. The van der Waals surface area contributed by atoms with E-state index in [4.69, 9.17) is 0 Å². The SMILES string of the molecule is CN(C)/C=N/S(=O)(=O)c1ccccc1-c1nc2ccccc2[nH]1.CN(C)/C=N/S(=O)(=O)c1ccccc1-c1nc2ccccc2[nH]1. The van der Waals surface area contributed by atoms with Crippen LogP contribution < -0.4 is 0 Å². The van der Waals surface area contributed by atoms with Crippen molar-refractivity contribution in [3.63, 3.8) is 0 Å². The molecule has 0 atom stereocenters. The average Bonchev–Trinajstić information content (AvgIpc) is 3.68. The van der Waals surface area contributed by atoms with Gasteiger partial charge in [-0.3, -0.25) is 0 Å².